The lowest BCUT2D eigenvalue weighted by Crippen LogP contribution is -2.38. The molecule has 1 aromatic heterocycles. The number of hydrogen-bond acceptors (Lipinski definition) is 3. The van der Waals surface area contributed by atoms with Gasteiger partial charge in [-0.3, -0.25) is 0 Å². The summed E-state index contributed by atoms with van der Waals surface area (Å²) in [5, 5.41) is 21.4. The Hall–Kier alpha value is -0.800. The second-order valence-electron chi connectivity index (χ2n) is 7.17. The number of aliphatic hydroxyl groups is 2. The molecule has 1 saturated carbocycles. The highest BCUT2D eigenvalue weighted by molar-refractivity contribution is 5.29. The van der Waals surface area contributed by atoms with Crippen molar-refractivity contribution in [1.29, 1.82) is 0 Å². The van der Waals surface area contributed by atoms with E-state index in [1.54, 1.807) is 12.5 Å². The average Bonchev–Trinajstić information content (AvgIpc) is 2.79. The summed E-state index contributed by atoms with van der Waals surface area (Å²) in [5.41, 5.74) is 1.27. The van der Waals surface area contributed by atoms with E-state index in [0.29, 0.717) is 6.42 Å². The van der Waals surface area contributed by atoms with Crippen LogP contribution in [0.3, 0.4) is 0 Å². The number of fused-ring (bicyclic) bond motifs is 2. The van der Waals surface area contributed by atoms with Gasteiger partial charge in [0, 0.05) is 12.0 Å². The van der Waals surface area contributed by atoms with Crippen molar-refractivity contribution >= 4 is 0 Å². The van der Waals surface area contributed by atoms with E-state index in [1.807, 2.05) is 6.92 Å². The average molecular weight is 250 g/mol. The molecule has 0 radical (unpaired) electrons. The van der Waals surface area contributed by atoms with Crippen molar-refractivity contribution in [1.82, 2.24) is 0 Å². The van der Waals surface area contributed by atoms with Gasteiger partial charge in [-0.2, -0.15) is 0 Å². The van der Waals surface area contributed by atoms with E-state index in [2.05, 4.69) is 13.8 Å². The minimum absolute atomic E-state index is 0.133. The minimum atomic E-state index is -0.755. The number of furan rings is 1. The number of rotatable bonds is 0. The zero-order chi connectivity index (χ0) is 13.1. The van der Waals surface area contributed by atoms with Crippen LogP contribution in [0.4, 0.5) is 0 Å². The van der Waals surface area contributed by atoms with E-state index < -0.39 is 11.7 Å². The van der Waals surface area contributed by atoms with Gasteiger partial charge < -0.3 is 14.6 Å². The van der Waals surface area contributed by atoms with Crippen molar-refractivity contribution in [2.75, 3.05) is 0 Å². The number of hydrogen-bond donors (Lipinski definition) is 2. The highest BCUT2D eigenvalue weighted by atomic mass is 16.3. The first-order valence-electron chi connectivity index (χ1n) is 6.76. The smallest absolute Gasteiger partial charge is 0.0963 e. The van der Waals surface area contributed by atoms with Gasteiger partial charge in [-0.05, 0) is 42.6 Å². The highest BCUT2D eigenvalue weighted by Gasteiger charge is 2.52. The molecule has 0 aromatic carbocycles. The zero-order valence-corrected chi connectivity index (χ0v) is 11.3. The summed E-state index contributed by atoms with van der Waals surface area (Å²) in [4.78, 5) is 0. The van der Waals surface area contributed by atoms with Gasteiger partial charge in [0.1, 0.15) is 0 Å². The van der Waals surface area contributed by atoms with Crippen LogP contribution in [0.5, 0.6) is 0 Å². The summed E-state index contributed by atoms with van der Waals surface area (Å²) >= 11 is 0. The first-order valence-corrected chi connectivity index (χ1v) is 6.76. The van der Waals surface area contributed by atoms with E-state index in [0.717, 1.165) is 24.0 Å². The second kappa shape index (κ2) is 3.61. The van der Waals surface area contributed by atoms with Crippen molar-refractivity contribution in [3.8, 4) is 0 Å². The molecule has 1 heterocycles. The van der Waals surface area contributed by atoms with Crippen LogP contribution in [0.1, 0.15) is 50.8 Å². The minimum Gasteiger partial charge on any atom is -0.472 e. The molecule has 1 fully saturated rings. The molecule has 0 saturated heterocycles. The lowest BCUT2D eigenvalue weighted by atomic mass is 9.78. The topological polar surface area (TPSA) is 53.6 Å². The third kappa shape index (κ3) is 1.72. The van der Waals surface area contributed by atoms with Crippen LogP contribution in [-0.2, 0) is 6.42 Å². The van der Waals surface area contributed by atoms with Crippen molar-refractivity contribution in [3.63, 3.8) is 0 Å². The summed E-state index contributed by atoms with van der Waals surface area (Å²) in [6.45, 7) is 6.35. The van der Waals surface area contributed by atoms with Crippen molar-refractivity contribution in [3.05, 3.63) is 23.7 Å². The molecule has 0 bridgehead atoms. The Morgan fingerprint density at radius 1 is 1.22 bits per heavy atom. The van der Waals surface area contributed by atoms with Gasteiger partial charge in [0.05, 0.1) is 24.2 Å². The summed E-state index contributed by atoms with van der Waals surface area (Å²) < 4.78 is 5.22. The van der Waals surface area contributed by atoms with Crippen LogP contribution >= 0.6 is 0 Å². The lowest BCUT2D eigenvalue weighted by Gasteiger charge is -2.33. The fraction of sp³-hybridized carbons (Fsp3) is 0.733. The van der Waals surface area contributed by atoms with E-state index in [-0.39, 0.29) is 17.3 Å². The highest BCUT2D eigenvalue weighted by Crippen LogP contribution is 2.56. The SMILES string of the molecule is CC1(C)C[C@@H]2[C@H](O)c3cocc3C[C@@](C)(O)[C@@H]2C1. The normalized spacial score (nSPS) is 42.2. The molecule has 0 amide bonds. The van der Waals surface area contributed by atoms with Crippen LogP contribution in [0.2, 0.25) is 0 Å². The van der Waals surface area contributed by atoms with Gasteiger partial charge in [0.2, 0.25) is 0 Å². The summed E-state index contributed by atoms with van der Waals surface area (Å²) in [7, 11) is 0. The summed E-state index contributed by atoms with van der Waals surface area (Å²) in [5.74, 6) is 0.295. The third-order valence-electron chi connectivity index (χ3n) is 4.93. The van der Waals surface area contributed by atoms with Gasteiger partial charge in [-0.25, -0.2) is 0 Å². The molecule has 0 aliphatic heterocycles. The van der Waals surface area contributed by atoms with Crippen LogP contribution in [0, 0.1) is 17.3 Å². The number of aliphatic hydroxyl groups excluding tert-OH is 1. The molecule has 2 aliphatic rings. The Morgan fingerprint density at radius 3 is 2.67 bits per heavy atom. The molecule has 0 spiro atoms. The third-order valence-corrected chi connectivity index (χ3v) is 4.93. The summed E-state index contributed by atoms with van der Waals surface area (Å²) in [6, 6.07) is 0. The van der Waals surface area contributed by atoms with Crippen LogP contribution in [0.25, 0.3) is 0 Å². The maximum absolute atomic E-state index is 10.8. The molecule has 0 unspecified atom stereocenters. The van der Waals surface area contributed by atoms with Gasteiger partial charge in [-0.1, -0.05) is 13.8 Å². The largest absolute Gasteiger partial charge is 0.472 e. The molecule has 3 heteroatoms. The standard InChI is InChI=1S/C15H22O3/c1-14(2)5-10-12(6-14)15(3,17)4-9-7-18-8-11(9)13(10)16/h7-8,10,12-13,16-17H,4-6H2,1-3H3/t10-,12+,13-,15+/m0/s1. The van der Waals surface area contributed by atoms with Crippen molar-refractivity contribution < 1.29 is 14.6 Å². The van der Waals surface area contributed by atoms with Crippen LogP contribution in [-0.4, -0.2) is 15.8 Å². The lowest BCUT2D eigenvalue weighted by molar-refractivity contribution is -0.0392. The Bertz CT molecular complexity index is 458. The van der Waals surface area contributed by atoms with E-state index in [4.69, 9.17) is 4.42 Å². The first-order chi connectivity index (χ1) is 8.30. The van der Waals surface area contributed by atoms with Crippen molar-refractivity contribution in [2.24, 2.45) is 17.3 Å². The fourth-order valence-electron chi connectivity index (χ4n) is 4.11. The van der Waals surface area contributed by atoms with Gasteiger partial charge >= 0.3 is 0 Å². The Balaban J connectivity index is 2.06. The molecule has 2 N–H and O–H groups in total. The molecule has 3 nitrogen and oxygen atoms in total. The molecule has 18 heavy (non-hydrogen) atoms. The summed E-state index contributed by atoms with van der Waals surface area (Å²) in [6.07, 6.45) is 5.32. The van der Waals surface area contributed by atoms with Crippen molar-refractivity contribution in [2.45, 2.75) is 51.7 Å². The maximum Gasteiger partial charge on any atom is 0.0963 e. The Labute approximate surface area is 108 Å². The zero-order valence-electron chi connectivity index (χ0n) is 11.3. The quantitative estimate of drug-likeness (QED) is 0.744. The molecule has 3 rings (SSSR count). The van der Waals surface area contributed by atoms with Crippen LogP contribution < -0.4 is 0 Å². The molecule has 4 atom stereocenters. The monoisotopic (exact) mass is 250 g/mol. The van der Waals surface area contributed by atoms with Gasteiger partial charge in [0.25, 0.3) is 0 Å². The Morgan fingerprint density at radius 2 is 1.94 bits per heavy atom. The first kappa shape index (κ1) is 12.2. The van der Waals surface area contributed by atoms with E-state index in [9.17, 15) is 10.2 Å². The predicted octanol–water partition coefficient (Wildman–Crippen LogP) is 2.67. The molecule has 2 aliphatic carbocycles. The Kier molecular flexibility index (Phi) is 2.46. The van der Waals surface area contributed by atoms with E-state index in [1.165, 1.54) is 0 Å². The maximum atomic E-state index is 10.8. The molecule has 1 aromatic rings. The van der Waals surface area contributed by atoms with E-state index >= 15 is 0 Å². The van der Waals surface area contributed by atoms with Gasteiger partial charge in [-0.15, -0.1) is 0 Å². The molecular weight excluding hydrogens is 228 g/mol. The van der Waals surface area contributed by atoms with Gasteiger partial charge in [0.15, 0.2) is 0 Å². The fourth-order valence-corrected chi connectivity index (χ4v) is 4.11. The second-order valence-corrected chi connectivity index (χ2v) is 7.17. The molecular formula is C15H22O3. The van der Waals surface area contributed by atoms with Crippen LogP contribution in [0.15, 0.2) is 16.9 Å². The predicted molar refractivity (Wildman–Crippen MR) is 68.0 cm³/mol. The molecule has 100 valence electrons.